The van der Waals surface area contributed by atoms with Crippen LogP contribution in [0, 0.1) is 0 Å². The lowest BCUT2D eigenvalue weighted by atomic mass is 9.92. The normalized spacial score (nSPS) is 18.3. The van der Waals surface area contributed by atoms with E-state index in [1.165, 1.54) is 11.2 Å². The molecule has 1 aliphatic rings. The van der Waals surface area contributed by atoms with E-state index < -0.39 is 24.9 Å². The Labute approximate surface area is 152 Å². The van der Waals surface area contributed by atoms with E-state index in [0.29, 0.717) is 24.4 Å². The summed E-state index contributed by atoms with van der Waals surface area (Å²) in [6.45, 7) is 0.841. The van der Waals surface area contributed by atoms with Crippen molar-refractivity contribution in [2.45, 2.75) is 37.8 Å². The highest BCUT2D eigenvalue weighted by Gasteiger charge is 2.31. The van der Waals surface area contributed by atoms with Gasteiger partial charge in [-0.05, 0) is 18.9 Å². The molecule has 4 rings (SSSR count). The van der Waals surface area contributed by atoms with Crippen LogP contribution in [0.4, 0.5) is 13.2 Å². The molecule has 0 aromatic carbocycles. The number of halogens is 3. The molecule has 0 aliphatic carbocycles. The Kier molecular flexibility index (Phi) is 4.40. The lowest BCUT2D eigenvalue weighted by molar-refractivity contribution is -0.149. The van der Waals surface area contributed by atoms with Gasteiger partial charge in [0.15, 0.2) is 11.3 Å². The number of likely N-dealkylation sites (tertiary alicyclic amines) is 1. The summed E-state index contributed by atoms with van der Waals surface area (Å²) >= 11 is 0. The molecule has 0 bridgehead atoms. The molecule has 1 saturated heterocycles. The van der Waals surface area contributed by atoms with Gasteiger partial charge in [0.05, 0.1) is 18.1 Å². The van der Waals surface area contributed by atoms with Crippen molar-refractivity contribution in [1.29, 1.82) is 0 Å². The van der Waals surface area contributed by atoms with Crippen molar-refractivity contribution in [1.82, 2.24) is 30.0 Å². The Morgan fingerprint density at radius 1 is 1.26 bits per heavy atom. The second-order valence-electron chi connectivity index (χ2n) is 6.69. The van der Waals surface area contributed by atoms with Gasteiger partial charge in [0.25, 0.3) is 0 Å². The number of H-pyrrole nitrogens is 1. The van der Waals surface area contributed by atoms with E-state index in [-0.39, 0.29) is 5.92 Å². The summed E-state index contributed by atoms with van der Waals surface area (Å²) < 4.78 is 37.2. The number of piperidine rings is 1. The van der Waals surface area contributed by atoms with E-state index in [2.05, 4.69) is 25.1 Å². The van der Waals surface area contributed by atoms with Crippen LogP contribution in [0.25, 0.3) is 22.1 Å². The number of nitrogens with one attached hydrogen (secondary N) is 1. The molecule has 1 amide bonds. The second kappa shape index (κ2) is 6.75. The molecular weight excluding hydrogens is 361 g/mol. The zero-order valence-corrected chi connectivity index (χ0v) is 14.3. The van der Waals surface area contributed by atoms with Gasteiger partial charge < -0.3 is 9.88 Å². The maximum Gasteiger partial charge on any atom is 0.389 e. The summed E-state index contributed by atoms with van der Waals surface area (Å²) in [5.74, 6) is -0.503. The van der Waals surface area contributed by atoms with Crippen LogP contribution in [0.1, 0.15) is 37.3 Å². The lowest BCUT2D eigenvalue weighted by Crippen LogP contribution is -2.39. The van der Waals surface area contributed by atoms with Crippen LogP contribution in [0.3, 0.4) is 0 Å². The van der Waals surface area contributed by atoms with Crippen molar-refractivity contribution >= 4 is 28.0 Å². The smallest absolute Gasteiger partial charge is 0.349 e. The lowest BCUT2D eigenvalue weighted by Gasteiger charge is -2.33. The fourth-order valence-electron chi connectivity index (χ4n) is 3.63. The molecule has 1 unspecified atom stereocenters. The predicted octanol–water partition coefficient (Wildman–Crippen LogP) is 2.95. The summed E-state index contributed by atoms with van der Waals surface area (Å²) in [6, 6.07) is 1.83. The molecule has 10 heteroatoms. The summed E-state index contributed by atoms with van der Waals surface area (Å²) in [4.78, 5) is 25.3. The van der Waals surface area contributed by atoms with E-state index >= 15 is 0 Å². The molecule has 0 radical (unpaired) electrons. The fourth-order valence-corrected chi connectivity index (χ4v) is 3.63. The average molecular weight is 378 g/mol. The number of hydrogen-bond acceptors (Lipinski definition) is 5. The van der Waals surface area contributed by atoms with Gasteiger partial charge in [-0.3, -0.25) is 4.79 Å². The first-order valence-corrected chi connectivity index (χ1v) is 8.71. The van der Waals surface area contributed by atoms with Crippen LogP contribution >= 0.6 is 0 Å². The molecule has 4 heterocycles. The highest BCUT2D eigenvalue weighted by atomic mass is 19.4. The predicted molar refractivity (Wildman–Crippen MR) is 90.8 cm³/mol. The summed E-state index contributed by atoms with van der Waals surface area (Å²) in [5, 5.41) is 9.76. The Morgan fingerprint density at radius 2 is 2.07 bits per heavy atom. The minimum atomic E-state index is -4.32. The summed E-state index contributed by atoms with van der Waals surface area (Å²) in [7, 11) is 0. The molecule has 0 spiro atoms. The van der Waals surface area contributed by atoms with E-state index in [1.54, 1.807) is 6.20 Å². The minimum absolute atomic E-state index is 0.0404. The molecule has 1 fully saturated rings. The largest absolute Gasteiger partial charge is 0.389 e. The van der Waals surface area contributed by atoms with Gasteiger partial charge >= 0.3 is 6.18 Å². The van der Waals surface area contributed by atoms with Crippen LogP contribution in [0.5, 0.6) is 0 Å². The molecule has 7 nitrogen and oxygen atoms in total. The third-order valence-electron chi connectivity index (χ3n) is 4.89. The number of nitrogens with zero attached hydrogens (tertiary/aromatic N) is 5. The Hall–Kier alpha value is -2.78. The number of aromatic amines is 1. The summed E-state index contributed by atoms with van der Waals surface area (Å²) in [5.41, 5.74) is 1.85. The van der Waals surface area contributed by atoms with Crippen molar-refractivity contribution in [2.24, 2.45) is 0 Å². The van der Waals surface area contributed by atoms with Crippen molar-refractivity contribution in [3.8, 4) is 0 Å². The number of fused-ring (bicyclic) bond motifs is 3. The SMILES string of the molecule is O=C(CCC(F)(F)F)N1CCCC(c2[nH]cnc3nnc4nccc4c23)C1. The quantitative estimate of drug-likeness (QED) is 0.757. The van der Waals surface area contributed by atoms with E-state index in [0.717, 1.165) is 29.3 Å². The van der Waals surface area contributed by atoms with Gasteiger partial charge in [-0.1, -0.05) is 0 Å². The number of amides is 1. The van der Waals surface area contributed by atoms with Gasteiger partial charge in [-0.2, -0.15) is 13.2 Å². The van der Waals surface area contributed by atoms with Crippen LogP contribution in [0.15, 0.2) is 18.6 Å². The average Bonchev–Trinajstić information content (AvgIpc) is 3.14. The maximum atomic E-state index is 12.4. The number of rotatable bonds is 3. The highest BCUT2D eigenvalue weighted by molar-refractivity contribution is 6.02. The molecule has 27 heavy (non-hydrogen) atoms. The number of hydrogen-bond donors (Lipinski definition) is 1. The molecular formula is C17H17F3N6O. The first-order valence-electron chi connectivity index (χ1n) is 8.71. The topological polar surface area (TPSA) is 87.7 Å². The molecule has 142 valence electrons. The van der Waals surface area contributed by atoms with Crippen LogP contribution in [0.2, 0.25) is 0 Å². The highest BCUT2D eigenvalue weighted by Crippen LogP contribution is 2.33. The van der Waals surface area contributed by atoms with Crippen LogP contribution in [-0.2, 0) is 4.79 Å². The van der Waals surface area contributed by atoms with Gasteiger partial charge in [-0.15, -0.1) is 10.2 Å². The molecule has 0 saturated carbocycles. The Bertz CT molecular complexity index is 986. The number of carbonyl (C=O) groups excluding carboxylic acids is 1. The van der Waals surface area contributed by atoms with Gasteiger partial charge in [0.2, 0.25) is 5.91 Å². The monoisotopic (exact) mass is 378 g/mol. The van der Waals surface area contributed by atoms with Crippen LogP contribution < -0.4 is 0 Å². The van der Waals surface area contributed by atoms with Gasteiger partial charge in [-0.25, -0.2) is 9.97 Å². The van der Waals surface area contributed by atoms with Crippen molar-refractivity contribution in [3.05, 3.63) is 24.3 Å². The fraction of sp³-hybridized carbons (Fsp3) is 0.471. The van der Waals surface area contributed by atoms with Crippen LogP contribution in [-0.4, -0.2) is 55.2 Å². The maximum absolute atomic E-state index is 12.4. The van der Waals surface area contributed by atoms with Crippen molar-refractivity contribution in [2.75, 3.05) is 13.1 Å². The zero-order chi connectivity index (χ0) is 19.0. The van der Waals surface area contributed by atoms with E-state index in [1.807, 2.05) is 6.07 Å². The van der Waals surface area contributed by atoms with E-state index in [9.17, 15) is 18.0 Å². The number of carbonyl (C=O) groups is 1. The zero-order valence-electron chi connectivity index (χ0n) is 14.3. The molecule has 3 aromatic rings. The molecule has 3 aromatic heterocycles. The molecule has 1 atom stereocenters. The van der Waals surface area contributed by atoms with Gasteiger partial charge in [0.1, 0.15) is 0 Å². The molecule has 1 aliphatic heterocycles. The van der Waals surface area contributed by atoms with Crippen molar-refractivity contribution < 1.29 is 18.0 Å². The standard InChI is InChI=1S/C17H17F3N6O/c18-17(19,20)5-3-12(27)26-7-1-2-10(8-26)14-13-11-4-6-21-15(11)24-25-16(13)23-9-22-14/h4,6,9-10H,1-3,5,7-8H2,(H,22,23,25). The third kappa shape index (κ3) is 3.56. The third-order valence-corrected chi connectivity index (χ3v) is 4.89. The number of aromatic nitrogens is 5. The van der Waals surface area contributed by atoms with Gasteiger partial charge in [0, 0.05) is 42.7 Å². The Morgan fingerprint density at radius 3 is 2.89 bits per heavy atom. The minimum Gasteiger partial charge on any atom is -0.349 e. The first-order chi connectivity index (χ1) is 12.9. The molecule has 1 N–H and O–H groups in total. The Balaban J connectivity index is 1.62. The summed E-state index contributed by atoms with van der Waals surface area (Å²) in [6.07, 6.45) is -1.22. The van der Waals surface area contributed by atoms with Crippen molar-refractivity contribution in [3.63, 3.8) is 0 Å². The first kappa shape index (κ1) is 17.6. The second-order valence-corrected chi connectivity index (χ2v) is 6.69. The van der Waals surface area contributed by atoms with E-state index in [4.69, 9.17) is 0 Å². The number of alkyl halides is 3.